The third-order valence-corrected chi connectivity index (χ3v) is 2.68. The topological polar surface area (TPSA) is 61.8 Å². The Kier molecular flexibility index (Phi) is 6.04. The standard InChI is InChI=1S/C14H19F3N2O3/c1-14(2,21)8-19(3)13(20)18-7-9-10(15)5-4-6-11(9)22-12(16)17/h4-6,12,21H,7-8H2,1-3H3,(H,18,20). The van der Waals surface area contributed by atoms with Crippen LogP contribution < -0.4 is 10.1 Å². The van der Waals surface area contributed by atoms with Gasteiger partial charge in [0, 0.05) is 12.6 Å². The SMILES string of the molecule is CN(CC(C)(C)O)C(=O)NCc1c(F)cccc1OC(F)F. The molecule has 0 aromatic heterocycles. The Morgan fingerprint density at radius 1 is 1.45 bits per heavy atom. The van der Waals surface area contributed by atoms with Gasteiger partial charge in [-0.3, -0.25) is 0 Å². The number of benzene rings is 1. The maximum absolute atomic E-state index is 13.7. The minimum Gasteiger partial charge on any atom is -0.434 e. The van der Waals surface area contributed by atoms with E-state index in [1.807, 2.05) is 0 Å². The summed E-state index contributed by atoms with van der Waals surface area (Å²) < 4.78 is 42.5. The number of urea groups is 1. The molecule has 0 aliphatic rings. The number of hydrogen-bond donors (Lipinski definition) is 2. The molecule has 0 spiro atoms. The number of halogens is 3. The number of hydrogen-bond acceptors (Lipinski definition) is 3. The first-order valence-corrected chi connectivity index (χ1v) is 6.53. The molecule has 0 aliphatic heterocycles. The second-order valence-corrected chi connectivity index (χ2v) is 5.42. The molecule has 2 N–H and O–H groups in total. The molecule has 124 valence electrons. The highest BCUT2D eigenvalue weighted by Gasteiger charge is 2.20. The molecular formula is C14H19F3N2O3. The average Bonchev–Trinajstić information content (AvgIpc) is 2.35. The van der Waals surface area contributed by atoms with Gasteiger partial charge in [0.2, 0.25) is 0 Å². The van der Waals surface area contributed by atoms with Crippen molar-refractivity contribution in [3.05, 3.63) is 29.6 Å². The number of ether oxygens (including phenoxy) is 1. The highest BCUT2D eigenvalue weighted by molar-refractivity contribution is 5.74. The first-order valence-electron chi connectivity index (χ1n) is 6.53. The normalized spacial score (nSPS) is 11.5. The average molecular weight is 320 g/mol. The molecular weight excluding hydrogens is 301 g/mol. The smallest absolute Gasteiger partial charge is 0.387 e. The van der Waals surface area contributed by atoms with Crippen LogP contribution in [0.4, 0.5) is 18.0 Å². The van der Waals surface area contributed by atoms with E-state index in [9.17, 15) is 23.1 Å². The molecule has 5 nitrogen and oxygen atoms in total. The van der Waals surface area contributed by atoms with Crippen LogP contribution in [0.25, 0.3) is 0 Å². The molecule has 0 fully saturated rings. The number of alkyl halides is 2. The molecule has 22 heavy (non-hydrogen) atoms. The minimum atomic E-state index is -3.09. The molecule has 0 unspecified atom stereocenters. The molecule has 0 saturated heterocycles. The molecule has 1 rings (SSSR count). The van der Waals surface area contributed by atoms with Gasteiger partial charge in [-0.25, -0.2) is 9.18 Å². The largest absolute Gasteiger partial charge is 0.434 e. The van der Waals surface area contributed by atoms with Crippen LogP contribution in [0.2, 0.25) is 0 Å². The minimum absolute atomic E-state index is 0.0521. The fourth-order valence-corrected chi connectivity index (χ4v) is 1.87. The highest BCUT2D eigenvalue weighted by atomic mass is 19.3. The van der Waals surface area contributed by atoms with Gasteiger partial charge in [-0.1, -0.05) is 6.07 Å². The number of carbonyl (C=O) groups is 1. The Bertz CT molecular complexity index is 519. The molecule has 8 heteroatoms. The summed E-state index contributed by atoms with van der Waals surface area (Å²) in [7, 11) is 1.45. The van der Waals surface area contributed by atoms with Crippen molar-refractivity contribution in [2.75, 3.05) is 13.6 Å². The lowest BCUT2D eigenvalue weighted by molar-refractivity contribution is -0.0506. The van der Waals surface area contributed by atoms with Crippen molar-refractivity contribution in [1.82, 2.24) is 10.2 Å². The van der Waals surface area contributed by atoms with Crippen LogP contribution >= 0.6 is 0 Å². The molecule has 1 aromatic rings. The van der Waals surface area contributed by atoms with Crippen LogP contribution in [0.15, 0.2) is 18.2 Å². The maximum atomic E-state index is 13.7. The fraction of sp³-hybridized carbons (Fsp3) is 0.500. The molecule has 0 aliphatic carbocycles. The van der Waals surface area contributed by atoms with Crippen LogP contribution in [0, 0.1) is 5.82 Å². The fourth-order valence-electron chi connectivity index (χ4n) is 1.87. The van der Waals surface area contributed by atoms with E-state index in [4.69, 9.17) is 0 Å². The lowest BCUT2D eigenvalue weighted by atomic mass is 10.1. The first kappa shape index (κ1) is 18.1. The predicted octanol–water partition coefficient (Wildman–Crippen LogP) is 2.34. The number of nitrogens with zero attached hydrogens (tertiary/aromatic N) is 1. The second-order valence-electron chi connectivity index (χ2n) is 5.42. The highest BCUT2D eigenvalue weighted by Crippen LogP contribution is 2.23. The van der Waals surface area contributed by atoms with Crippen molar-refractivity contribution >= 4 is 6.03 Å². The zero-order chi connectivity index (χ0) is 16.9. The molecule has 0 heterocycles. The zero-order valence-corrected chi connectivity index (χ0v) is 12.6. The quantitative estimate of drug-likeness (QED) is 0.846. The zero-order valence-electron chi connectivity index (χ0n) is 12.6. The molecule has 0 atom stereocenters. The lowest BCUT2D eigenvalue weighted by Gasteiger charge is -2.25. The summed E-state index contributed by atoms with van der Waals surface area (Å²) in [6.45, 7) is -0.292. The van der Waals surface area contributed by atoms with Crippen LogP contribution in [0.3, 0.4) is 0 Å². The number of carbonyl (C=O) groups excluding carboxylic acids is 1. The Hall–Kier alpha value is -1.96. The van der Waals surface area contributed by atoms with Crippen LogP contribution in [0.5, 0.6) is 5.75 Å². The predicted molar refractivity (Wildman–Crippen MR) is 74.2 cm³/mol. The van der Waals surface area contributed by atoms with Gasteiger partial charge in [0.15, 0.2) is 0 Å². The molecule has 0 saturated carbocycles. The van der Waals surface area contributed by atoms with Crippen molar-refractivity contribution in [2.24, 2.45) is 0 Å². The van der Waals surface area contributed by atoms with Gasteiger partial charge in [-0.05, 0) is 26.0 Å². The van der Waals surface area contributed by atoms with E-state index in [1.54, 1.807) is 0 Å². The third-order valence-electron chi connectivity index (χ3n) is 2.68. The summed E-state index contributed by atoms with van der Waals surface area (Å²) in [5.41, 5.74) is -1.26. The van der Waals surface area contributed by atoms with Gasteiger partial charge in [0.05, 0.1) is 18.7 Å². The van der Waals surface area contributed by atoms with Gasteiger partial charge in [0.1, 0.15) is 11.6 Å². The maximum Gasteiger partial charge on any atom is 0.387 e. The first-order chi connectivity index (χ1) is 10.1. The summed E-state index contributed by atoms with van der Waals surface area (Å²) in [6, 6.07) is 2.93. The Labute approximate surface area is 126 Å². The monoisotopic (exact) mass is 320 g/mol. The van der Waals surface area contributed by atoms with Gasteiger partial charge in [-0.15, -0.1) is 0 Å². The van der Waals surface area contributed by atoms with Crippen LogP contribution in [0.1, 0.15) is 19.4 Å². The van der Waals surface area contributed by atoms with E-state index in [-0.39, 0.29) is 24.4 Å². The van der Waals surface area contributed by atoms with Gasteiger partial charge < -0.3 is 20.1 Å². The van der Waals surface area contributed by atoms with Gasteiger partial charge in [-0.2, -0.15) is 8.78 Å². The summed E-state index contributed by atoms with van der Waals surface area (Å²) in [4.78, 5) is 13.0. The van der Waals surface area contributed by atoms with Crippen LogP contribution in [-0.4, -0.2) is 41.8 Å². The van der Waals surface area contributed by atoms with E-state index in [0.717, 1.165) is 6.07 Å². The Morgan fingerprint density at radius 3 is 2.64 bits per heavy atom. The number of aliphatic hydroxyl groups is 1. The van der Waals surface area contributed by atoms with Crippen LogP contribution in [-0.2, 0) is 6.54 Å². The van der Waals surface area contributed by atoms with Crippen molar-refractivity contribution in [3.63, 3.8) is 0 Å². The number of likely N-dealkylation sites (N-methyl/N-ethyl adjacent to an activating group) is 1. The molecule has 1 aromatic carbocycles. The summed E-state index contributed by atoms with van der Waals surface area (Å²) in [5.74, 6) is -1.09. The molecule has 2 amide bonds. The van der Waals surface area contributed by atoms with Crippen molar-refractivity contribution < 1.29 is 27.8 Å². The van der Waals surface area contributed by atoms with E-state index < -0.39 is 24.1 Å². The summed E-state index contributed by atoms with van der Waals surface area (Å²) in [6.07, 6.45) is 0. The van der Waals surface area contributed by atoms with Gasteiger partial charge in [0.25, 0.3) is 0 Å². The molecule has 0 bridgehead atoms. The van der Waals surface area contributed by atoms with Crippen molar-refractivity contribution in [1.29, 1.82) is 0 Å². The second kappa shape index (κ2) is 7.35. The Balaban J connectivity index is 2.73. The summed E-state index contributed by atoms with van der Waals surface area (Å²) in [5, 5.41) is 12.0. The summed E-state index contributed by atoms with van der Waals surface area (Å²) >= 11 is 0. The van der Waals surface area contributed by atoms with E-state index in [0.29, 0.717) is 0 Å². The van der Waals surface area contributed by atoms with E-state index in [2.05, 4.69) is 10.1 Å². The Morgan fingerprint density at radius 2 is 2.09 bits per heavy atom. The molecule has 0 radical (unpaired) electrons. The number of nitrogens with one attached hydrogen (secondary N) is 1. The number of rotatable bonds is 6. The van der Waals surface area contributed by atoms with Crippen molar-refractivity contribution in [2.45, 2.75) is 32.6 Å². The number of amides is 2. The van der Waals surface area contributed by atoms with E-state index in [1.165, 1.54) is 37.9 Å². The van der Waals surface area contributed by atoms with Crippen molar-refractivity contribution in [3.8, 4) is 5.75 Å². The third kappa shape index (κ3) is 5.80. The van der Waals surface area contributed by atoms with Gasteiger partial charge >= 0.3 is 12.6 Å². The van der Waals surface area contributed by atoms with E-state index >= 15 is 0 Å². The lowest BCUT2D eigenvalue weighted by Crippen LogP contribution is -2.44.